The van der Waals surface area contributed by atoms with Gasteiger partial charge in [0.15, 0.2) is 5.79 Å². The second-order valence-electron chi connectivity index (χ2n) is 8.16. The van der Waals surface area contributed by atoms with E-state index in [1.807, 2.05) is 17.1 Å². The molecule has 1 saturated heterocycles. The highest BCUT2D eigenvalue weighted by atomic mass is 16.7. The second kappa shape index (κ2) is 7.30. The summed E-state index contributed by atoms with van der Waals surface area (Å²) in [5, 5.41) is 0. The molecular weight excluding hydrogens is 312 g/mol. The van der Waals surface area contributed by atoms with Crippen LogP contribution in [0.1, 0.15) is 51.7 Å². The van der Waals surface area contributed by atoms with Crippen molar-refractivity contribution in [1.82, 2.24) is 9.55 Å². The molecule has 0 radical (unpaired) electrons. The maximum atomic E-state index is 6.28. The van der Waals surface area contributed by atoms with Crippen LogP contribution < -0.4 is 0 Å². The van der Waals surface area contributed by atoms with Crippen molar-refractivity contribution in [3.05, 3.63) is 54.1 Å². The van der Waals surface area contributed by atoms with Gasteiger partial charge in [0.25, 0.3) is 0 Å². The van der Waals surface area contributed by atoms with E-state index in [1.165, 1.54) is 11.1 Å². The van der Waals surface area contributed by atoms with E-state index >= 15 is 0 Å². The van der Waals surface area contributed by atoms with Crippen LogP contribution in [0.4, 0.5) is 0 Å². The molecule has 1 aliphatic heterocycles. The molecule has 2 unspecified atom stereocenters. The van der Waals surface area contributed by atoms with E-state index in [4.69, 9.17) is 9.47 Å². The fourth-order valence-electron chi connectivity index (χ4n) is 3.33. The molecule has 3 rings (SSSR count). The highest BCUT2D eigenvalue weighted by Gasteiger charge is 2.37. The summed E-state index contributed by atoms with van der Waals surface area (Å²) in [7, 11) is 0. The maximum absolute atomic E-state index is 6.28. The minimum absolute atomic E-state index is 0.187. The lowest BCUT2D eigenvalue weighted by Gasteiger charge is -2.40. The molecule has 1 aliphatic rings. The van der Waals surface area contributed by atoms with Crippen LogP contribution in [0, 0.1) is 0 Å². The molecule has 0 bridgehead atoms. The van der Waals surface area contributed by atoms with E-state index in [-0.39, 0.29) is 11.5 Å². The van der Waals surface area contributed by atoms with Crippen molar-refractivity contribution in [1.29, 1.82) is 0 Å². The van der Waals surface area contributed by atoms with Crippen LogP contribution in [0.3, 0.4) is 0 Å². The van der Waals surface area contributed by atoms with Gasteiger partial charge in [0, 0.05) is 18.8 Å². The van der Waals surface area contributed by atoms with E-state index in [0.717, 1.165) is 25.9 Å². The van der Waals surface area contributed by atoms with Gasteiger partial charge in [0.2, 0.25) is 0 Å². The third-order valence-corrected chi connectivity index (χ3v) is 4.90. The molecule has 4 heteroatoms. The lowest BCUT2D eigenvalue weighted by atomic mass is 9.86. The predicted octanol–water partition coefficient (Wildman–Crippen LogP) is 4.34. The number of imidazole rings is 1. The number of ether oxygens (including phenoxy) is 2. The van der Waals surface area contributed by atoms with E-state index in [9.17, 15) is 0 Å². The molecule has 1 fully saturated rings. The molecule has 2 atom stereocenters. The Balaban J connectivity index is 1.70. The molecule has 1 aromatic heterocycles. The van der Waals surface area contributed by atoms with Crippen LogP contribution in [0.2, 0.25) is 0 Å². The summed E-state index contributed by atoms with van der Waals surface area (Å²) in [6, 6.07) is 8.95. The molecule has 2 aromatic rings. The SMILES string of the molecule is CC1CCOC(CCc2ccc(C(C)(C)C)cc2)(Cn2ccnc2)O1. The first-order chi connectivity index (χ1) is 11.9. The van der Waals surface area contributed by atoms with Gasteiger partial charge in [0.1, 0.15) is 0 Å². The predicted molar refractivity (Wildman–Crippen MR) is 99.5 cm³/mol. The smallest absolute Gasteiger partial charge is 0.186 e. The Morgan fingerprint density at radius 3 is 2.60 bits per heavy atom. The zero-order chi connectivity index (χ0) is 17.9. The van der Waals surface area contributed by atoms with Gasteiger partial charge >= 0.3 is 0 Å². The third-order valence-electron chi connectivity index (χ3n) is 4.90. The summed E-state index contributed by atoms with van der Waals surface area (Å²) in [4.78, 5) is 4.14. The third kappa shape index (κ3) is 4.71. The molecule has 136 valence electrons. The fraction of sp³-hybridized carbons (Fsp3) is 0.571. The molecule has 2 heterocycles. The van der Waals surface area contributed by atoms with Gasteiger partial charge in [0.05, 0.1) is 25.6 Å². The summed E-state index contributed by atoms with van der Waals surface area (Å²) in [6.45, 7) is 10.3. The summed E-state index contributed by atoms with van der Waals surface area (Å²) in [5.41, 5.74) is 2.87. The molecule has 0 aliphatic carbocycles. The molecule has 4 nitrogen and oxygen atoms in total. The maximum Gasteiger partial charge on any atom is 0.186 e. The van der Waals surface area contributed by atoms with Crippen LogP contribution in [-0.2, 0) is 27.9 Å². The number of rotatable bonds is 5. The minimum Gasteiger partial charge on any atom is -0.348 e. The monoisotopic (exact) mass is 342 g/mol. The van der Waals surface area contributed by atoms with Crippen LogP contribution in [0.5, 0.6) is 0 Å². The summed E-state index contributed by atoms with van der Waals surface area (Å²) in [5.74, 6) is -0.568. The van der Waals surface area contributed by atoms with Crippen molar-refractivity contribution in [2.45, 2.75) is 70.8 Å². The Kier molecular flexibility index (Phi) is 5.30. The van der Waals surface area contributed by atoms with Gasteiger partial charge in [-0.1, -0.05) is 45.0 Å². The summed E-state index contributed by atoms with van der Waals surface area (Å²) >= 11 is 0. The normalized spacial score (nSPS) is 24.4. The number of aromatic nitrogens is 2. The Hall–Kier alpha value is -1.65. The highest BCUT2D eigenvalue weighted by Crippen LogP contribution is 2.30. The van der Waals surface area contributed by atoms with Crippen molar-refractivity contribution in [3.63, 3.8) is 0 Å². The fourth-order valence-corrected chi connectivity index (χ4v) is 3.33. The Labute approximate surface area is 151 Å². The van der Waals surface area contributed by atoms with Gasteiger partial charge in [-0.2, -0.15) is 0 Å². The number of benzene rings is 1. The molecule has 0 spiro atoms. The Morgan fingerprint density at radius 1 is 1.24 bits per heavy atom. The first kappa shape index (κ1) is 18.2. The average molecular weight is 342 g/mol. The van der Waals surface area contributed by atoms with E-state index < -0.39 is 5.79 Å². The lowest BCUT2D eigenvalue weighted by Crippen LogP contribution is -2.47. The largest absolute Gasteiger partial charge is 0.348 e. The van der Waals surface area contributed by atoms with Gasteiger partial charge in [-0.05, 0) is 36.3 Å². The van der Waals surface area contributed by atoms with Crippen LogP contribution in [0.25, 0.3) is 0 Å². The van der Waals surface area contributed by atoms with Crippen molar-refractivity contribution in [3.8, 4) is 0 Å². The van der Waals surface area contributed by atoms with Gasteiger partial charge < -0.3 is 14.0 Å². The molecule has 1 aromatic carbocycles. The molecule has 25 heavy (non-hydrogen) atoms. The zero-order valence-corrected chi connectivity index (χ0v) is 15.9. The number of nitrogens with zero attached hydrogens (tertiary/aromatic N) is 2. The number of hydrogen-bond donors (Lipinski definition) is 0. The lowest BCUT2D eigenvalue weighted by molar-refractivity contribution is -0.298. The molecule has 0 N–H and O–H groups in total. The Morgan fingerprint density at radius 2 is 2.00 bits per heavy atom. The second-order valence-corrected chi connectivity index (χ2v) is 8.16. The van der Waals surface area contributed by atoms with Crippen molar-refractivity contribution < 1.29 is 9.47 Å². The zero-order valence-electron chi connectivity index (χ0n) is 15.9. The Bertz CT molecular complexity index is 658. The molecular formula is C21H30N2O2. The van der Waals surface area contributed by atoms with Crippen LogP contribution in [-0.4, -0.2) is 28.0 Å². The van der Waals surface area contributed by atoms with E-state index in [1.54, 1.807) is 6.20 Å². The standard InChI is InChI=1S/C21H30N2O2/c1-17-10-14-24-21(25-17,15-23-13-12-22-16-23)11-9-18-5-7-19(8-6-18)20(2,3)4/h5-8,12-13,16-17H,9-11,14-15H2,1-4H3. The first-order valence-corrected chi connectivity index (χ1v) is 9.23. The molecule has 0 amide bonds. The first-order valence-electron chi connectivity index (χ1n) is 9.23. The van der Waals surface area contributed by atoms with E-state index in [0.29, 0.717) is 6.54 Å². The summed E-state index contributed by atoms with van der Waals surface area (Å²) < 4.78 is 14.5. The van der Waals surface area contributed by atoms with Crippen molar-refractivity contribution >= 4 is 0 Å². The van der Waals surface area contributed by atoms with Crippen molar-refractivity contribution in [2.24, 2.45) is 0 Å². The quantitative estimate of drug-likeness (QED) is 0.811. The van der Waals surface area contributed by atoms with Crippen molar-refractivity contribution in [2.75, 3.05) is 6.61 Å². The minimum atomic E-state index is -0.568. The van der Waals surface area contributed by atoms with E-state index in [2.05, 4.69) is 56.9 Å². The van der Waals surface area contributed by atoms with Gasteiger partial charge in [-0.3, -0.25) is 0 Å². The average Bonchev–Trinajstić information content (AvgIpc) is 3.05. The summed E-state index contributed by atoms with van der Waals surface area (Å²) in [6.07, 6.45) is 8.53. The number of aryl methyl sites for hydroxylation is 1. The van der Waals surface area contributed by atoms with Gasteiger partial charge in [-0.25, -0.2) is 4.98 Å². The van der Waals surface area contributed by atoms with Crippen LogP contribution in [0.15, 0.2) is 43.0 Å². The number of hydrogen-bond acceptors (Lipinski definition) is 3. The highest BCUT2D eigenvalue weighted by molar-refractivity contribution is 5.27. The van der Waals surface area contributed by atoms with Gasteiger partial charge in [-0.15, -0.1) is 0 Å². The topological polar surface area (TPSA) is 36.3 Å². The van der Waals surface area contributed by atoms with Crippen LogP contribution >= 0.6 is 0 Å². The molecule has 0 saturated carbocycles.